The van der Waals surface area contributed by atoms with Crippen LogP contribution in [0, 0.1) is 0 Å². The molecule has 0 bridgehead atoms. The number of hydrogen-bond donors (Lipinski definition) is 1. The van der Waals surface area contributed by atoms with Gasteiger partial charge in [-0.15, -0.1) is 0 Å². The monoisotopic (exact) mass is 283 g/mol. The van der Waals surface area contributed by atoms with Gasteiger partial charge in [0.15, 0.2) is 0 Å². The lowest BCUT2D eigenvalue weighted by molar-refractivity contribution is 0.329. The fourth-order valence-electron chi connectivity index (χ4n) is 3.11. The van der Waals surface area contributed by atoms with Gasteiger partial charge in [0.2, 0.25) is 0 Å². The van der Waals surface area contributed by atoms with Crippen molar-refractivity contribution in [2.45, 2.75) is 32.1 Å². The molecule has 2 heterocycles. The molecule has 1 aromatic carbocycles. The van der Waals surface area contributed by atoms with Crippen LogP contribution in [0.1, 0.15) is 32.1 Å². The van der Waals surface area contributed by atoms with Crippen molar-refractivity contribution in [3.05, 3.63) is 36.5 Å². The Bertz CT molecular complexity index is 556. The van der Waals surface area contributed by atoms with Gasteiger partial charge >= 0.3 is 0 Å². The van der Waals surface area contributed by atoms with Gasteiger partial charge in [0.1, 0.15) is 0 Å². The quantitative estimate of drug-likeness (QED) is 0.781. The predicted molar refractivity (Wildman–Crippen MR) is 89.8 cm³/mol. The molecule has 0 spiro atoms. The Morgan fingerprint density at radius 2 is 1.86 bits per heavy atom. The number of unbranched alkanes of at least 4 members (excludes halogenated alkanes) is 2. The Morgan fingerprint density at radius 1 is 1.00 bits per heavy atom. The maximum atomic E-state index is 4.48. The minimum absolute atomic E-state index is 1.04. The fourth-order valence-corrected chi connectivity index (χ4v) is 3.11. The number of fused-ring (bicyclic) bond motifs is 1. The highest BCUT2D eigenvalue weighted by Gasteiger charge is 2.09. The number of pyridine rings is 1. The van der Waals surface area contributed by atoms with E-state index in [0.29, 0.717) is 0 Å². The van der Waals surface area contributed by atoms with Crippen LogP contribution in [0.15, 0.2) is 36.5 Å². The molecule has 1 aliphatic heterocycles. The largest absolute Gasteiger partial charge is 0.383 e. The molecule has 1 N–H and O–H groups in total. The van der Waals surface area contributed by atoms with Crippen molar-refractivity contribution in [2.24, 2.45) is 0 Å². The second kappa shape index (κ2) is 7.41. The van der Waals surface area contributed by atoms with Gasteiger partial charge in [0, 0.05) is 18.1 Å². The van der Waals surface area contributed by atoms with Crippen LogP contribution in [-0.4, -0.2) is 36.1 Å². The second-order valence-electron chi connectivity index (χ2n) is 5.92. The van der Waals surface area contributed by atoms with Crippen LogP contribution < -0.4 is 5.32 Å². The molecule has 0 amide bonds. The number of rotatable bonds is 7. The van der Waals surface area contributed by atoms with E-state index in [2.05, 4.69) is 39.5 Å². The van der Waals surface area contributed by atoms with Crippen molar-refractivity contribution >= 4 is 16.6 Å². The van der Waals surface area contributed by atoms with E-state index in [-0.39, 0.29) is 0 Å². The zero-order chi connectivity index (χ0) is 14.3. The average molecular weight is 283 g/mol. The maximum absolute atomic E-state index is 4.48. The van der Waals surface area contributed by atoms with Crippen molar-refractivity contribution in [3.63, 3.8) is 0 Å². The van der Waals surface area contributed by atoms with Gasteiger partial charge in [0.25, 0.3) is 0 Å². The summed E-state index contributed by atoms with van der Waals surface area (Å²) in [6, 6.07) is 10.4. The summed E-state index contributed by atoms with van der Waals surface area (Å²) in [7, 11) is 0. The number of anilines is 1. The molecule has 3 rings (SSSR count). The summed E-state index contributed by atoms with van der Waals surface area (Å²) in [5.41, 5.74) is 2.24. The molecule has 0 saturated carbocycles. The van der Waals surface area contributed by atoms with Gasteiger partial charge in [-0.25, -0.2) is 0 Å². The van der Waals surface area contributed by atoms with Crippen molar-refractivity contribution in [3.8, 4) is 0 Å². The van der Waals surface area contributed by atoms with E-state index in [1.807, 2.05) is 12.3 Å². The molecule has 1 saturated heterocycles. The highest BCUT2D eigenvalue weighted by atomic mass is 15.1. The number of nitrogens with zero attached hydrogens (tertiary/aromatic N) is 2. The van der Waals surface area contributed by atoms with Gasteiger partial charge < -0.3 is 10.2 Å². The third-order valence-electron chi connectivity index (χ3n) is 4.30. The number of hydrogen-bond acceptors (Lipinski definition) is 3. The first kappa shape index (κ1) is 14.3. The van der Waals surface area contributed by atoms with Crippen LogP contribution in [-0.2, 0) is 0 Å². The van der Waals surface area contributed by atoms with E-state index < -0.39 is 0 Å². The minimum Gasteiger partial charge on any atom is -0.383 e. The third kappa shape index (κ3) is 3.94. The van der Waals surface area contributed by atoms with Gasteiger partial charge in [-0.3, -0.25) is 4.98 Å². The molecular formula is C18H25N3. The van der Waals surface area contributed by atoms with Crippen LogP contribution in [0.4, 0.5) is 5.69 Å². The summed E-state index contributed by atoms with van der Waals surface area (Å²) in [5.74, 6) is 0. The molecule has 1 fully saturated rings. The molecule has 0 radical (unpaired) electrons. The van der Waals surface area contributed by atoms with Gasteiger partial charge in [-0.1, -0.05) is 24.6 Å². The molecule has 2 aromatic rings. The lowest BCUT2D eigenvalue weighted by atomic mass is 10.2. The number of aromatic nitrogens is 1. The lowest BCUT2D eigenvalue weighted by Crippen LogP contribution is -2.20. The van der Waals surface area contributed by atoms with E-state index in [9.17, 15) is 0 Å². The molecule has 0 atom stereocenters. The summed E-state index contributed by atoms with van der Waals surface area (Å²) in [4.78, 5) is 7.08. The van der Waals surface area contributed by atoms with E-state index >= 15 is 0 Å². The Hall–Kier alpha value is -1.61. The summed E-state index contributed by atoms with van der Waals surface area (Å²) < 4.78 is 0. The molecule has 21 heavy (non-hydrogen) atoms. The standard InChI is InChI=1S/C18H25N3/c1(3-13-21-14-4-5-15-21)2-11-19-17-10-6-8-16-9-7-12-20-18(16)17/h6-10,12,19H,1-5,11,13-15H2. The Labute approximate surface area is 127 Å². The van der Waals surface area contributed by atoms with Gasteiger partial charge in [-0.05, 0) is 57.5 Å². The van der Waals surface area contributed by atoms with Crippen molar-refractivity contribution in [1.29, 1.82) is 0 Å². The fraction of sp³-hybridized carbons (Fsp3) is 0.500. The summed E-state index contributed by atoms with van der Waals surface area (Å²) in [6.45, 7) is 4.96. The van der Waals surface area contributed by atoms with E-state index in [1.54, 1.807) is 0 Å². The normalized spacial score (nSPS) is 15.6. The van der Waals surface area contributed by atoms with E-state index in [1.165, 1.54) is 57.1 Å². The molecule has 0 aliphatic carbocycles. The zero-order valence-electron chi connectivity index (χ0n) is 12.7. The Morgan fingerprint density at radius 3 is 2.76 bits per heavy atom. The van der Waals surface area contributed by atoms with E-state index in [0.717, 1.165) is 17.7 Å². The highest BCUT2D eigenvalue weighted by Crippen LogP contribution is 2.20. The molecule has 0 unspecified atom stereocenters. The summed E-state index contributed by atoms with van der Waals surface area (Å²) in [5, 5.41) is 4.75. The third-order valence-corrected chi connectivity index (χ3v) is 4.30. The minimum atomic E-state index is 1.04. The first-order valence-electron chi connectivity index (χ1n) is 8.23. The van der Waals surface area contributed by atoms with Crippen LogP contribution in [0.2, 0.25) is 0 Å². The van der Waals surface area contributed by atoms with Crippen molar-refractivity contribution in [2.75, 3.05) is 31.5 Å². The summed E-state index contributed by atoms with van der Waals surface area (Å²) >= 11 is 0. The van der Waals surface area contributed by atoms with E-state index in [4.69, 9.17) is 0 Å². The number of benzene rings is 1. The van der Waals surface area contributed by atoms with Crippen LogP contribution in [0.5, 0.6) is 0 Å². The van der Waals surface area contributed by atoms with Gasteiger partial charge in [0.05, 0.1) is 11.2 Å². The number of nitrogens with one attached hydrogen (secondary N) is 1. The number of likely N-dealkylation sites (tertiary alicyclic amines) is 1. The first-order valence-corrected chi connectivity index (χ1v) is 8.23. The zero-order valence-corrected chi connectivity index (χ0v) is 12.7. The van der Waals surface area contributed by atoms with Crippen LogP contribution in [0.3, 0.4) is 0 Å². The van der Waals surface area contributed by atoms with Crippen LogP contribution in [0.25, 0.3) is 10.9 Å². The Balaban J connectivity index is 1.40. The maximum Gasteiger partial charge on any atom is 0.0933 e. The molecule has 3 nitrogen and oxygen atoms in total. The molecule has 3 heteroatoms. The topological polar surface area (TPSA) is 28.2 Å². The predicted octanol–water partition coefficient (Wildman–Crippen LogP) is 3.91. The van der Waals surface area contributed by atoms with Gasteiger partial charge in [-0.2, -0.15) is 0 Å². The molecule has 1 aromatic heterocycles. The molecule has 1 aliphatic rings. The molecule has 112 valence electrons. The first-order chi connectivity index (χ1) is 10.4. The second-order valence-corrected chi connectivity index (χ2v) is 5.92. The van der Waals surface area contributed by atoms with Crippen molar-refractivity contribution in [1.82, 2.24) is 9.88 Å². The number of para-hydroxylation sites is 1. The molecular weight excluding hydrogens is 258 g/mol. The highest BCUT2D eigenvalue weighted by molar-refractivity contribution is 5.90. The summed E-state index contributed by atoms with van der Waals surface area (Å²) in [6.07, 6.45) is 8.53. The average Bonchev–Trinajstić information content (AvgIpc) is 3.04. The lowest BCUT2D eigenvalue weighted by Gasteiger charge is -2.14. The Kier molecular flexibility index (Phi) is 5.06. The SMILES string of the molecule is c1cnc2c(NCCCCCN3CCCC3)cccc2c1. The van der Waals surface area contributed by atoms with Crippen LogP contribution >= 0.6 is 0 Å². The smallest absolute Gasteiger partial charge is 0.0933 e. The van der Waals surface area contributed by atoms with Crippen molar-refractivity contribution < 1.29 is 0 Å².